The molecule has 0 amide bonds. The van der Waals surface area contributed by atoms with Gasteiger partial charge in [0.1, 0.15) is 5.82 Å². The van der Waals surface area contributed by atoms with Gasteiger partial charge in [-0.3, -0.25) is 0 Å². The van der Waals surface area contributed by atoms with Crippen molar-refractivity contribution in [1.82, 2.24) is 9.55 Å². The monoisotopic (exact) mass is 240 g/mol. The molecule has 16 heavy (non-hydrogen) atoms. The van der Waals surface area contributed by atoms with Gasteiger partial charge < -0.3 is 4.57 Å². The maximum absolute atomic E-state index is 4.58. The molecule has 1 heterocycles. The first kappa shape index (κ1) is 13.6. The average Bonchev–Trinajstić information content (AvgIpc) is 2.65. The van der Waals surface area contributed by atoms with Gasteiger partial charge in [0, 0.05) is 18.9 Å². The molecule has 0 spiro atoms. The third-order valence-corrected chi connectivity index (χ3v) is 4.00. The van der Waals surface area contributed by atoms with Gasteiger partial charge >= 0.3 is 0 Å². The lowest BCUT2D eigenvalue weighted by Gasteiger charge is -2.32. The number of rotatable bonds is 7. The van der Waals surface area contributed by atoms with E-state index in [-0.39, 0.29) is 0 Å². The van der Waals surface area contributed by atoms with E-state index in [0.29, 0.717) is 5.41 Å². The molecule has 0 atom stereocenters. The van der Waals surface area contributed by atoms with Crippen molar-refractivity contribution >= 4 is 12.6 Å². The molecular formula is C13H24N2S. The van der Waals surface area contributed by atoms with Crippen molar-refractivity contribution in [3.8, 4) is 0 Å². The van der Waals surface area contributed by atoms with Gasteiger partial charge in [-0.15, -0.1) is 0 Å². The van der Waals surface area contributed by atoms with Crippen molar-refractivity contribution < 1.29 is 0 Å². The number of imidazole rings is 1. The standard InChI is InChI=1S/C13H24N2S/c1-4-6-13(11-16,7-5-2)10-15-9-8-14-12(15)3/h8-9,16H,4-7,10-11H2,1-3H3. The van der Waals surface area contributed by atoms with Crippen LogP contribution < -0.4 is 0 Å². The van der Waals surface area contributed by atoms with Gasteiger partial charge in [0.05, 0.1) is 0 Å². The van der Waals surface area contributed by atoms with Crippen molar-refractivity contribution in [2.75, 3.05) is 5.75 Å². The lowest BCUT2D eigenvalue weighted by atomic mass is 9.81. The van der Waals surface area contributed by atoms with Crippen LogP contribution >= 0.6 is 12.6 Å². The fourth-order valence-electron chi connectivity index (χ4n) is 2.48. The highest BCUT2D eigenvalue weighted by molar-refractivity contribution is 7.80. The molecule has 0 fully saturated rings. The summed E-state index contributed by atoms with van der Waals surface area (Å²) in [6, 6.07) is 0. The number of aromatic nitrogens is 2. The SMILES string of the molecule is CCCC(CS)(CCC)Cn1ccnc1C. The highest BCUT2D eigenvalue weighted by atomic mass is 32.1. The summed E-state index contributed by atoms with van der Waals surface area (Å²) in [6.07, 6.45) is 8.93. The molecule has 1 rings (SSSR count). The van der Waals surface area contributed by atoms with Crippen LogP contribution in [0, 0.1) is 12.3 Å². The largest absolute Gasteiger partial charge is 0.335 e. The third kappa shape index (κ3) is 3.27. The summed E-state index contributed by atoms with van der Waals surface area (Å²) >= 11 is 4.58. The molecule has 0 N–H and O–H groups in total. The minimum atomic E-state index is 0.345. The number of nitrogens with zero attached hydrogens (tertiary/aromatic N) is 2. The summed E-state index contributed by atoms with van der Waals surface area (Å²) < 4.78 is 2.27. The van der Waals surface area contributed by atoms with Gasteiger partial charge in [-0.25, -0.2) is 4.98 Å². The summed E-state index contributed by atoms with van der Waals surface area (Å²) in [5, 5.41) is 0. The van der Waals surface area contributed by atoms with Gasteiger partial charge in [-0.2, -0.15) is 12.6 Å². The maximum Gasteiger partial charge on any atom is 0.105 e. The van der Waals surface area contributed by atoms with Gasteiger partial charge in [-0.05, 0) is 30.9 Å². The van der Waals surface area contributed by atoms with E-state index in [9.17, 15) is 0 Å². The quantitative estimate of drug-likeness (QED) is 0.719. The van der Waals surface area contributed by atoms with Crippen LogP contribution in [0.4, 0.5) is 0 Å². The van der Waals surface area contributed by atoms with E-state index in [1.807, 2.05) is 6.20 Å². The zero-order valence-electron chi connectivity index (χ0n) is 10.7. The van der Waals surface area contributed by atoms with Crippen LogP contribution in [0.15, 0.2) is 12.4 Å². The second kappa shape index (κ2) is 6.33. The fraction of sp³-hybridized carbons (Fsp3) is 0.769. The first-order valence-electron chi connectivity index (χ1n) is 6.26. The van der Waals surface area contributed by atoms with Crippen LogP contribution in [0.2, 0.25) is 0 Å². The molecule has 92 valence electrons. The highest BCUT2D eigenvalue weighted by Crippen LogP contribution is 2.33. The van der Waals surface area contributed by atoms with E-state index in [1.54, 1.807) is 0 Å². The Bertz CT molecular complexity index is 301. The van der Waals surface area contributed by atoms with Gasteiger partial charge in [0.15, 0.2) is 0 Å². The molecule has 1 aromatic rings. The van der Waals surface area contributed by atoms with Crippen molar-refractivity contribution in [3.05, 3.63) is 18.2 Å². The first-order chi connectivity index (χ1) is 7.67. The molecule has 0 aliphatic carbocycles. The van der Waals surface area contributed by atoms with E-state index < -0.39 is 0 Å². The topological polar surface area (TPSA) is 17.8 Å². The summed E-state index contributed by atoms with van der Waals surface area (Å²) in [4.78, 5) is 4.29. The summed E-state index contributed by atoms with van der Waals surface area (Å²) in [6.45, 7) is 7.65. The minimum Gasteiger partial charge on any atom is -0.335 e. The van der Waals surface area contributed by atoms with Crippen LogP contribution in [0.25, 0.3) is 0 Å². The summed E-state index contributed by atoms with van der Waals surface area (Å²) in [7, 11) is 0. The first-order valence-corrected chi connectivity index (χ1v) is 6.89. The van der Waals surface area contributed by atoms with Gasteiger partial charge in [0.2, 0.25) is 0 Å². The second-order valence-electron chi connectivity index (χ2n) is 4.76. The van der Waals surface area contributed by atoms with Crippen LogP contribution in [0.1, 0.15) is 45.4 Å². The Morgan fingerprint density at radius 3 is 2.31 bits per heavy atom. The van der Waals surface area contributed by atoms with Crippen LogP contribution in [0.3, 0.4) is 0 Å². The van der Waals surface area contributed by atoms with Crippen molar-refractivity contribution in [2.24, 2.45) is 5.41 Å². The third-order valence-electron chi connectivity index (χ3n) is 3.33. The molecule has 0 bridgehead atoms. The molecule has 0 aromatic carbocycles. The van der Waals surface area contributed by atoms with Crippen LogP contribution in [-0.2, 0) is 6.54 Å². The molecule has 0 aliphatic rings. The van der Waals surface area contributed by atoms with Gasteiger partial charge in [0.25, 0.3) is 0 Å². The Labute approximate surface area is 105 Å². The Balaban J connectivity index is 2.80. The Hall–Kier alpha value is -0.440. The number of hydrogen-bond acceptors (Lipinski definition) is 2. The zero-order valence-corrected chi connectivity index (χ0v) is 11.6. The normalized spacial score (nSPS) is 12.0. The fourth-order valence-corrected chi connectivity index (χ4v) is 2.90. The molecule has 0 saturated heterocycles. The van der Waals surface area contributed by atoms with Crippen molar-refractivity contribution in [2.45, 2.75) is 53.0 Å². The molecule has 0 aliphatic heterocycles. The highest BCUT2D eigenvalue weighted by Gasteiger charge is 2.27. The predicted molar refractivity (Wildman–Crippen MR) is 73.1 cm³/mol. The van der Waals surface area contributed by atoms with E-state index in [0.717, 1.165) is 18.1 Å². The molecule has 0 radical (unpaired) electrons. The lowest BCUT2D eigenvalue weighted by molar-refractivity contribution is 0.230. The van der Waals surface area contributed by atoms with E-state index in [1.165, 1.54) is 25.7 Å². The van der Waals surface area contributed by atoms with E-state index in [4.69, 9.17) is 0 Å². The zero-order chi connectivity index (χ0) is 12.0. The Morgan fingerprint density at radius 1 is 1.31 bits per heavy atom. The number of thiol groups is 1. The second-order valence-corrected chi connectivity index (χ2v) is 5.08. The lowest BCUT2D eigenvalue weighted by Crippen LogP contribution is -2.29. The average molecular weight is 240 g/mol. The van der Waals surface area contributed by atoms with Crippen LogP contribution in [-0.4, -0.2) is 15.3 Å². The predicted octanol–water partition coefficient (Wildman–Crippen LogP) is 3.71. The number of aryl methyl sites for hydroxylation is 1. The van der Waals surface area contributed by atoms with Crippen molar-refractivity contribution in [1.29, 1.82) is 0 Å². The molecule has 2 nitrogen and oxygen atoms in total. The Kier molecular flexibility index (Phi) is 5.39. The van der Waals surface area contributed by atoms with Crippen molar-refractivity contribution in [3.63, 3.8) is 0 Å². The molecule has 3 heteroatoms. The summed E-state index contributed by atoms with van der Waals surface area (Å²) in [5.74, 6) is 2.07. The van der Waals surface area contributed by atoms with E-state index >= 15 is 0 Å². The molecule has 0 saturated carbocycles. The maximum atomic E-state index is 4.58. The van der Waals surface area contributed by atoms with Gasteiger partial charge in [-0.1, -0.05) is 26.7 Å². The molecular weight excluding hydrogens is 216 g/mol. The Morgan fingerprint density at radius 2 is 1.94 bits per heavy atom. The smallest absolute Gasteiger partial charge is 0.105 e. The molecule has 1 aromatic heterocycles. The number of hydrogen-bond donors (Lipinski definition) is 1. The minimum absolute atomic E-state index is 0.345. The van der Waals surface area contributed by atoms with Crippen LogP contribution in [0.5, 0.6) is 0 Å². The summed E-state index contributed by atoms with van der Waals surface area (Å²) in [5.41, 5.74) is 0.345. The van der Waals surface area contributed by atoms with E-state index in [2.05, 4.69) is 49.1 Å². The molecule has 0 unspecified atom stereocenters.